The molecule has 2 rings (SSSR count). The molecule has 0 bridgehead atoms. The van der Waals surface area contributed by atoms with Gasteiger partial charge in [-0.2, -0.15) is 0 Å². The number of carbonyl (C=O) groups is 1. The number of aliphatic carboxylic acids is 1. The van der Waals surface area contributed by atoms with Crippen LogP contribution < -0.4 is 5.32 Å². The largest absolute Gasteiger partial charge is 0.480 e. The van der Waals surface area contributed by atoms with Gasteiger partial charge in [0.15, 0.2) is 0 Å². The van der Waals surface area contributed by atoms with Crippen molar-refractivity contribution in [3.63, 3.8) is 0 Å². The van der Waals surface area contributed by atoms with E-state index in [2.05, 4.69) is 36.5 Å². The monoisotopic (exact) mass is 275 g/mol. The lowest BCUT2D eigenvalue weighted by molar-refractivity contribution is -0.140. The van der Waals surface area contributed by atoms with Crippen LogP contribution in [0.2, 0.25) is 0 Å². The minimum atomic E-state index is -0.742. The third-order valence-corrected chi connectivity index (χ3v) is 4.56. The quantitative estimate of drug-likeness (QED) is 0.867. The van der Waals surface area contributed by atoms with Crippen molar-refractivity contribution in [1.82, 2.24) is 5.32 Å². The fourth-order valence-corrected chi connectivity index (χ4v) is 3.29. The van der Waals surface area contributed by atoms with E-state index in [9.17, 15) is 9.90 Å². The van der Waals surface area contributed by atoms with E-state index in [4.69, 9.17) is 0 Å². The number of nitrogens with one attached hydrogen (secondary N) is 1. The van der Waals surface area contributed by atoms with E-state index in [0.717, 1.165) is 19.3 Å². The van der Waals surface area contributed by atoms with Gasteiger partial charge in [-0.3, -0.25) is 4.79 Å². The Balaban J connectivity index is 2.03. The van der Waals surface area contributed by atoms with Crippen molar-refractivity contribution in [2.75, 3.05) is 0 Å². The molecule has 1 saturated carbocycles. The summed E-state index contributed by atoms with van der Waals surface area (Å²) in [6, 6.07) is 10.4. The SMILES string of the molecule is CC(C)[C@@H](N[C@@H]1CC[C@](C)(c2ccccc2)C1)C(=O)O. The van der Waals surface area contributed by atoms with Crippen LogP contribution in [0.5, 0.6) is 0 Å². The van der Waals surface area contributed by atoms with Crippen molar-refractivity contribution >= 4 is 5.97 Å². The standard InChI is InChI=1S/C17H25NO2/c1-12(2)15(16(19)20)18-14-9-10-17(3,11-14)13-7-5-4-6-8-13/h4-8,12,14-15,18H,9-11H2,1-3H3,(H,19,20)/t14-,15-,17+/m1/s1. The normalized spacial score (nSPS) is 27.7. The maximum Gasteiger partial charge on any atom is 0.320 e. The molecule has 0 amide bonds. The topological polar surface area (TPSA) is 49.3 Å². The molecule has 0 radical (unpaired) electrons. The molecule has 0 unspecified atom stereocenters. The Kier molecular flexibility index (Phi) is 4.48. The van der Waals surface area contributed by atoms with Crippen LogP contribution >= 0.6 is 0 Å². The number of carboxylic acids is 1. The summed E-state index contributed by atoms with van der Waals surface area (Å²) in [5.74, 6) is -0.635. The molecule has 110 valence electrons. The van der Waals surface area contributed by atoms with Crippen LogP contribution in [0.15, 0.2) is 30.3 Å². The zero-order chi connectivity index (χ0) is 14.8. The summed E-state index contributed by atoms with van der Waals surface area (Å²) in [6.07, 6.45) is 3.16. The summed E-state index contributed by atoms with van der Waals surface area (Å²) in [4.78, 5) is 11.3. The second-order valence-electron chi connectivity index (χ2n) is 6.59. The molecule has 3 heteroatoms. The molecule has 0 saturated heterocycles. The number of hydrogen-bond donors (Lipinski definition) is 2. The molecule has 1 aromatic carbocycles. The fraction of sp³-hybridized carbons (Fsp3) is 0.588. The lowest BCUT2D eigenvalue weighted by atomic mass is 9.81. The van der Waals surface area contributed by atoms with Gasteiger partial charge < -0.3 is 10.4 Å². The predicted molar refractivity (Wildman–Crippen MR) is 80.8 cm³/mol. The van der Waals surface area contributed by atoms with Crippen LogP contribution in [0.1, 0.15) is 45.6 Å². The van der Waals surface area contributed by atoms with Crippen LogP contribution in [-0.4, -0.2) is 23.2 Å². The van der Waals surface area contributed by atoms with E-state index >= 15 is 0 Å². The second-order valence-corrected chi connectivity index (χ2v) is 6.59. The summed E-state index contributed by atoms with van der Waals surface area (Å²) < 4.78 is 0. The van der Waals surface area contributed by atoms with Gasteiger partial charge in [0, 0.05) is 6.04 Å². The summed E-state index contributed by atoms with van der Waals surface area (Å²) in [6.45, 7) is 6.20. The Morgan fingerprint density at radius 1 is 1.35 bits per heavy atom. The van der Waals surface area contributed by atoms with Gasteiger partial charge in [0.1, 0.15) is 6.04 Å². The third-order valence-electron chi connectivity index (χ3n) is 4.56. The fourth-order valence-electron chi connectivity index (χ4n) is 3.29. The number of carboxylic acid groups (broad SMARTS) is 1. The first-order valence-electron chi connectivity index (χ1n) is 7.47. The molecule has 0 spiro atoms. The van der Waals surface area contributed by atoms with Gasteiger partial charge in [0.05, 0.1) is 0 Å². The molecule has 1 aromatic rings. The average Bonchev–Trinajstić information content (AvgIpc) is 2.79. The minimum Gasteiger partial charge on any atom is -0.480 e. The molecule has 0 heterocycles. The Bertz CT molecular complexity index is 457. The molecule has 3 atom stereocenters. The van der Waals surface area contributed by atoms with Crippen LogP contribution in [0.4, 0.5) is 0 Å². The van der Waals surface area contributed by atoms with E-state index in [0.29, 0.717) is 6.04 Å². The maximum atomic E-state index is 11.3. The molecule has 1 fully saturated rings. The first kappa shape index (κ1) is 15.0. The summed E-state index contributed by atoms with van der Waals surface area (Å²) in [5, 5.41) is 12.6. The van der Waals surface area contributed by atoms with Crippen molar-refractivity contribution in [2.24, 2.45) is 5.92 Å². The Morgan fingerprint density at radius 2 is 2.00 bits per heavy atom. The van der Waals surface area contributed by atoms with Crippen molar-refractivity contribution in [2.45, 2.75) is 57.5 Å². The zero-order valence-corrected chi connectivity index (χ0v) is 12.6. The Labute approximate surface area is 121 Å². The Hall–Kier alpha value is -1.35. The zero-order valence-electron chi connectivity index (χ0n) is 12.6. The molecular weight excluding hydrogens is 250 g/mol. The van der Waals surface area contributed by atoms with Crippen LogP contribution in [0.3, 0.4) is 0 Å². The van der Waals surface area contributed by atoms with Gasteiger partial charge in [-0.25, -0.2) is 0 Å². The van der Waals surface area contributed by atoms with Gasteiger partial charge in [0.25, 0.3) is 0 Å². The van der Waals surface area contributed by atoms with E-state index in [1.165, 1.54) is 5.56 Å². The lowest BCUT2D eigenvalue weighted by Gasteiger charge is -2.27. The highest BCUT2D eigenvalue weighted by atomic mass is 16.4. The number of benzene rings is 1. The van der Waals surface area contributed by atoms with Gasteiger partial charge in [-0.1, -0.05) is 51.1 Å². The second kappa shape index (κ2) is 5.96. The highest BCUT2D eigenvalue weighted by Crippen LogP contribution is 2.40. The smallest absolute Gasteiger partial charge is 0.320 e. The molecular formula is C17H25NO2. The van der Waals surface area contributed by atoms with Crippen molar-refractivity contribution in [3.8, 4) is 0 Å². The minimum absolute atomic E-state index is 0.107. The van der Waals surface area contributed by atoms with Gasteiger partial charge in [-0.15, -0.1) is 0 Å². The lowest BCUT2D eigenvalue weighted by Crippen LogP contribution is -2.46. The summed E-state index contributed by atoms with van der Waals surface area (Å²) in [7, 11) is 0. The van der Waals surface area contributed by atoms with Crippen LogP contribution in [0, 0.1) is 5.92 Å². The van der Waals surface area contributed by atoms with E-state index in [1.807, 2.05) is 19.9 Å². The first-order valence-corrected chi connectivity index (χ1v) is 7.47. The van der Waals surface area contributed by atoms with Crippen LogP contribution in [0.25, 0.3) is 0 Å². The first-order chi connectivity index (χ1) is 9.42. The maximum absolute atomic E-state index is 11.3. The van der Waals surface area contributed by atoms with Gasteiger partial charge in [0.2, 0.25) is 0 Å². The van der Waals surface area contributed by atoms with E-state index in [1.54, 1.807) is 0 Å². The van der Waals surface area contributed by atoms with Gasteiger partial charge in [-0.05, 0) is 36.2 Å². The molecule has 1 aliphatic carbocycles. The molecule has 2 N–H and O–H groups in total. The molecule has 20 heavy (non-hydrogen) atoms. The number of hydrogen-bond acceptors (Lipinski definition) is 2. The van der Waals surface area contributed by atoms with Crippen molar-refractivity contribution in [1.29, 1.82) is 0 Å². The van der Waals surface area contributed by atoms with E-state index < -0.39 is 12.0 Å². The highest BCUT2D eigenvalue weighted by molar-refractivity contribution is 5.73. The van der Waals surface area contributed by atoms with Crippen molar-refractivity contribution < 1.29 is 9.90 Å². The number of rotatable bonds is 5. The molecule has 1 aliphatic rings. The predicted octanol–water partition coefficient (Wildman–Crippen LogP) is 3.20. The molecule has 3 nitrogen and oxygen atoms in total. The Morgan fingerprint density at radius 3 is 2.55 bits per heavy atom. The van der Waals surface area contributed by atoms with E-state index in [-0.39, 0.29) is 11.3 Å². The highest BCUT2D eigenvalue weighted by Gasteiger charge is 2.38. The molecule has 0 aliphatic heterocycles. The van der Waals surface area contributed by atoms with Gasteiger partial charge >= 0.3 is 5.97 Å². The third kappa shape index (κ3) is 3.21. The summed E-state index contributed by atoms with van der Waals surface area (Å²) >= 11 is 0. The molecule has 0 aromatic heterocycles. The van der Waals surface area contributed by atoms with Crippen molar-refractivity contribution in [3.05, 3.63) is 35.9 Å². The average molecular weight is 275 g/mol. The van der Waals surface area contributed by atoms with Crippen LogP contribution in [-0.2, 0) is 10.2 Å². The summed E-state index contributed by atoms with van der Waals surface area (Å²) in [5.41, 5.74) is 1.53.